The van der Waals surface area contributed by atoms with Gasteiger partial charge in [0.15, 0.2) is 12.4 Å². The van der Waals surface area contributed by atoms with Crippen LogP contribution in [0.4, 0.5) is 0 Å². The smallest absolute Gasteiger partial charge is 0.258 e. The third kappa shape index (κ3) is 4.17. The van der Waals surface area contributed by atoms with Gasteiger partial charge in [0.2, 0.25) is 0 Å². The predicted molar refractivity (Wildman–Crippen MR) is 104 cm³/mol. The fourth-order valence-electron chi connectivity index (χ4n) is 3.13. The average molecular weight is 378 g/mol. The van der Waals surface area contributed by atoms with Gasteiger partial charge in [0, 0.05) is 18.1 Å². The van der Waals surface area contributed by atoms with Gasteiger partial charge in [-0.1, -0.05) is 22.9 Å². The highest BCUT2D eigenvalue weighted by atomic mass is 16.5. The SMILES string of the molecule is Cc1ccc(OCC(=O)NCc2cc(-c3ccc4c(c3)CC(C)O4)on2)cc1. The van der Waals surface area contributed by atoms with Crippen molar-refractivity contribution in [2.75, 3.05) is 6.61 Å². The molecule has 0 bridgehead atoms. The highest BCUT2D eigenvalue weighted by Gasteiger charge is 2.20. The summed E-state index contributed by atoms with van der Waals surface area (Å²) < 4.78 is 16.6. The summed E-state index contributed by atoms with van der Waals surface area (Å²) >= 11 is 0. The van der Waals surface area contributed by atoms with Crippen molar-refractivity contribution in [1.29, 1.82) is 0 Å². The third-order valence-corrected chi connectivity index (χ3v) is 4.60. The summed E-state index contributed by atoms with van der Waals surface area (Å²) in [5.41, 5.74) is 3.92. The first-order chi connectivity index (χ1) is 13.6. The molecule has 0 radical (unpaired) electrons. The van der Waals surface area contributed by atoms with Crippen molar-refractivity contribution < 1.29 is 18.8 Å². The van der Waals surface area contributed by atoms with E-state index in [1.54, 1.807) is 0 Å². The summed E-state index contributed by atoms with van der Waals surface area (Å²) in [6, 6.07) is 15.4. The van der Waals surface area contributed by atoms with Crippen LogP contribution in [0.5, 0.6) is 11.5 Å². The molecular formula is C22H22N2O4. The molecule has 1 aliphatic rings. The summed E-state index contributed by atoms with van der Waals surface area (Å²) in [4.78, 5) is 12.0. The Bertz CT molecular complexity index is 978. The Labute approximate surface area is 163 Å². The van der Waals surface area contributed by atoms with Gasteiger partial charge in [0.25, 0.3) is 5.91 Å². The second-order valence-corrected chi connectivity index (χ2v) is 7.02. The molecule has 0 fully saturated rings. The molecule has 2 heterocycles. The first-order valence-electron chi connectivity index (χ1n) is 9.28. The zero-order valence-corrected chi connectivity index (χ0v) is 15.9. The van der Waals surface area contributed by atoms with E-state index in [1.807, 2.05) is 49.4 Å². The normalized spacial score (nSPS) is 15.0. The number of rotatable bonds is 6. The Morgan fingerprint density at radius 2 is 2.04 bits per heavy atom. The number of carbonyl (C=O) groups is 1. The molecule has 4 rings (SSSR count). The molecule has 6 nitrogen and oxygen atoms in total. The van der Waals surface area contributed by atoms with E-state index < -0.39 is 0 Å². The van der Waals surface area contributed by atoms with Gasteiger partial charge in [-0.15, -0.1) is 0 Å². The molecule has 1 N–H and O–H groups in total. The van der Waals surface area contributed by atoms with Crippen LogP contribution in [0, 0.1) is 6.92 Å². The zero-order chi connectivity index (χ0) is 19.5. The van der Waals surface area contributed by atoms with Gasteiger partial charge in [0.1, 0.15) is 23.3 Å². The second-order valence-electron chi connectivity index (χ2n) is 7.02. The molecule has 0 saturated heterocycles. The lowest BCUT2D eigenvalue weighted by molar-refractivity contribution is -0.123. The van der Waals surface area contributed by atoms with E-state index >= 15 is 0 Å². The largest absolute Gasteiger partial charge is 0.490 e. The predicted octanol–water partition coefficient (Wildman–Crippen LogP) is 3.67. The van der Waals surface area contributed by atoms with Crippen LogP contribution >= 0.6 is 0 Å². The molecule has 1 aliphatic heterocycles. The first kappa shape index (κ1) is 18.1. The van der Waals surface area contributed by atoms with Crippen LogP contribution in [0.1, 0.15) is 23.7 Å². The molecule has 1 atom stereocenters. The van der Waals surface area contributed by atoms with Gasteiger partial charge in [-0.3, -0.25) is 4.79 Å². The van der Waals surface area contributed by atoms with Crippen molar-refractivity contribution >= 4 is 5.91 Å². The number of ether oxygens (including phenoxy) is 2. The van der Waals surface area contributed by atoms with E-state index in [1.165, 1.54) is 5.56 Å². The zero-order valence-electron chi connectivity index (χ0n) is 15.9. The lowest BCUT2D eigenvalue weighted by atomic mass is 10.1. The Balaban J connectivity index is 1.31. The number of amides is 1. The summed E-state index contributed by atoms with van der Waals surface area (Å²) in [7, 11) is 0. The lowest BCUT2D eigenvalue weighted by Crippen LogP contribution is -2.28. The van der Waals surface area contributed by atoms with E-state index in [4.69, 9.17) is 14.0 Å². The molecule has 0 aliphatic carbocycles. The van der Waals surface area contributed by atoms with Crippen LogP contribution in [-0.4, -0.2) is 23.8 Å². The molecule has 144 valence electrons. The van der Waals surface area contributed by atoms with E-state index in [0.717, 1.165) is 23.3 Å². The number of carbonyl (C=O) groups excluding carboxylic acids is 1. The van der Waals surface area contributed by atoms with Crippen LogP contribution in [0.25, 0.3) is 11.3 Å². The first-order valence-corrected chi connectivity index (χ1v) is 9.28. The monoisotopic (exact) mass is 378 g/mol. The number of aryl methyl sites for hydroxylation is 1. The molecule has 6 heteroatoms. The molecule has 0 spiro atoms. The minimum Gasteiger partial charge on any atom is -0.490 e. The fraction of sp³-hybridized carbons (Fsp3) is 0.273. The van der Waals surface area contributed by atoms with E-state index in [-0.39, 0.29) is 25.2 Å². The summed E-state index contributed by atoms with van der Waals surface area (Å²) in [5.74, 6) is 2.05. The lowest BCUT2D eigenvalue weighted by Gasteiger charge is -2.06. The summed E-state index contributed by atoms with van der Waals surface area (Å²) in [6.07, 6.45) is 1.09. The van der Waals surface area contributed by atoms with Crippen molar-refractivity contribution in [3.8, 4) is 22.8 Å². The van der Waals surface area contributed by atoms with Crippen molar-refractivity contribution in [3.05, 3.63) is 65.4 Å². The van der Waals surface area contributed by atoms with Crippen molar-refractivity contribution in [2.45, 2.75) is 32.9 Å². The van der Waals surface area contributed by atoms with Crippen LogP contribution in [-0.2, 0) is 17.8 Å². The van der Waals surface area contributed by atoms with Gasteiger partial charge in [-0.25, -0.2) is 0 Å². The number of benzene rings is 2. The second kappa shape index (κ2) is 7.76. The molecule has 3 aromatic rings. The third-order valence-electron chi connectivity index (χ3n) is 4.60. The van der Waals surface area contributed by atoms with Crippen LogP contribution < -0.4 is 14.8 Å². The maximum Gasteiger partial charge on any atom is 0.258 e. The number of hydrogen-bond donors (Lipinski definition) is 1. The highest BCUT2D eigenvalue weighted by molar-refractivity contribution is 5.77. The van der Waals surface area contributed by atoms with Crippen LogP contribution in [0.3, 0.4) is 0 Å². The minimum atomic E-state index is -0.214. The Morgan fingerprint density at radius 3 is 2.86 bits per heavy atom. The van der Waals surface area contributed by atoms with Gasteiger partial charge < -0.3 is 19.3 Å². The van der Waals surface area contributed by atoms with Gasteiger partial charge in [0.05, 0.1) is 6.54 Å². The van der Waals surface area contributed by atoms with Gasteiger partial charge >= 0.3 is 0 Å². The number of nitrogens with one attached hydrogen (secondary N) is 1. The maximum absolute atomic E-state index is 12.0. The quantitative estimate of drug-likeness (QED) is 0.708. The fourth-order valence-corrected chi connectivity index (χ4v) is 3.13. The standard InChI is InChI=1S/C22H22N2O4/c1-14-3-6-19(7-4-14)26-13-22(25)23-12-18-11-21(28-24-18)16-5-8-20-17(10-16)9-15(2)27-20/h3-8,10-11,15H,9,12-13H2,1-2H3,(H,23,25). The van der Waals surface area contributed by atoms with E-state index in [2.05, 4.69) is 23.5 Å². The topological polar surface area (TPSA) is 73.6 Å². The van der Waals surface area contributed by atoms with Crippen molar-refractivity contribution in [1.82, 2.24) is 10.5 Å². The number of aromatic nitrogens is 1. The molecule has 1 unspecified atom stereocenters. The molecule has 1 amide bonds. The summed E-state index contributed by atoms with van der Waals surface area (Å²) in [6.45, 7) is 4.29. The maximum atomic E-state index is 12.0. The van der Waals surface area contributed by atoms with E-state index in [0.29, 0.717) is 17.2 Å². The molecule has 1 aromatic heterocycles. The Kier molecular flexibility index (Phi) is 5.02. The average Bonchev–Trinajstić information content (AvgIpc) is 3.30. The van der Waals surface area contributed by atoms with E-state index in [9.17, 15) is 4.79 Å². The molecule has 2 aromatic carbocycles. The molecular weight excluding hydrogens is 356 g/mol. The molecule has 0 saturated carbocycles. The number of fused-ring (bicyclic) bond motifs is 1. The molecule has 28 heavy (non-hydrogen) atoms. The number of hydrogen-bond acceptors (Lipinski definition) is 5. The highest BCUT2D eigenvalue weighted by Crippen LogP contribution is 2.33. The van der Waals surface area contributed by atoms with Gasteiger partial charge in [-0.2, -0.15) is 0 Å². The Hall–Kier alpha value is -3.28. The van der Waals surface area contributed by atoms with Gasteiger partial charge in [-0.05, 0) is 49.7 Å². The number of nitrogens with zero attached hydrogens (tertiary/aromatic N) is 1. The van der Waals surface area contributed by atoms with Crippen molar-refractivity contribution in [2.24, 2.45) is 0 Å². The Morgan fingerprint density at radius 1 is 1.21 bits per heavy atom. The van der Waals surface area contributed by atoms with Crippen LogP contribution in [0.15, 0.2) is 53.1 Å². The minimum absolute atomic E-state index is 0.0449. The van der Waals surface area contributed by atoms with Crippen LogP contribution in [0.2, 0.25) is 0 Å². The van der Waals surface area contributed by atoms with Crippen molar-refractivity contribution in [3.63, 3.8) is 0 Å². The summed E-state index contributed by atoms with van der Waals surface area (Å²) in [5, 5.41) is 6.83.